The molecule has 1 unspecified atom stereocenters. The van der Waals surface area contributed by atoms with Crippen molar-refractivity contribution < 1.29 is 24.3 Å². The van der Waals surface area contributed by atoms with Crippen LogP contribution in [-0.2, 0) is 25.7 Å². The van der Waals surface area contributed by atoms with Gasteiger partial charge in [-0.15, -0.1) is 16.9 Å². The molecule has 1 aromatic heterocycles. The molecular weight excluding hydrogens is 542 g/mol. The van der Waals surface area contributed by atoms with Gasteiger partial charge in [0.1, 0.15) is 18.6 Å². The highest BCUT2D eigenvalue weighted by atomic mass is 32.2. The van der Waals surface area contributed by atoms with Crippen LogP contribution in [0.4, 0.5) is 0 Å². The number of carbonyl (C=O) groups is 4. The van der Waals surface area contributed by atoms with Gasteiger partial charge < -0.3 is 36.2 Å². The molecule has 40 heavy (non-hydrogen) atoms. The number of carboxylic acids is 1. The Morgan fingerprint density at radius 3 is 2.60 bits per heavy atom. The highest BCUT2D eigenvalue weighted by molar-refractivity contribution is 8.03. The minimum absolute atomic E-state index is 0.00211. The summed E-state index contributed by atoms with van der Waals surface area (Å²) in [6.45, 7) is 6.09. The lowest BCUT2D eigenvalue weighted by Gasteiger charge is -2.47. The fourth-order valence-corrected chi connectivity index (χ4v) is 7.51. The van der Waals surface area contributed by atoms with E-state index in [0.29, 0.717) is 44.0 Å². The molecule has 0 radical (unpaired) electrons. The molecule has 3 amide bonds. The Morgan fingerprint density at radius 1 is 1.27 bits per heavy atom. The van der Waals surface area contributed by atoms with Crippen LogP contribution in [0, 0.1) is 17.2 Å². The highest BCUT2D eigenvalue weighted by Crippen LogP contribution is 2.51. The number of nitrogens with zero attached hydrogens (tertiary/aromatic N) is 7. The van der Waals surface area contributed by atoms with Crippen molar-refractivity contribution in [3.8, 4) is 0 Å². The standard InChI is InChI=1S/C23H33N11O5S/c1-11-17-16(12(2)28-15(35)9-33-10-27-29-30-33)21(37)34(17)18(22(38)39)19(11)40-13-7-14(26-8-13)20(36)31-3-5-32(6-4-31)23(24)25/h10-14,16-17,26H,3-9H2,1-2H3,(H3,24,25)(H,28,35)(H,38,39)/t11-,12-,13+,14?,16-,17-/m1/s1. The van der Waals surface area contributed by atoms with Crippen molar-refractivity contribution >= 4 is 41.4 Å². The number of aromatic nitrogens is 4. The molecule has 4 aliphatic rings. The van der Waals surface area contributed by atoms with Crippen LogP contribution in [0.1, 0.15) is 20.3 Å². The topological polar surface area (TPSA) is 216 Å². The molecule has 16 nitrogen and oxygen atoms in total. The number of nitrogens with two attached hydrogens (primary N) is 1. The van der Waals surface area contributed by atoms with E-state index in [9.17, 15) is 24.3 Å². The van der Waals surface area contributed by atoms with Crippen LogP contribution >= 0.6 is 11.8 Å². The van der Waals surface area contributed by atoms with Crippen molar-refractivity contribution in [2.24, 2.45) is 17.6 Å². The molecule has 216 valence electrons. The predicted octanol–water partition coefficient (Wildman–Crippen LogP) is -2.55. The Labute approximate surface area is 234 Å². The molecular formula is C23H33N11O5S. The van der Waals surface area contributed by atoms with Gasteiger partial charge >= 0.3 is 5.97 Å². The summed E-state index contributed by atoms with van der Waals surface area (Å²) < 4.78 is 1.27. The number of fused-ring (bicyclic) bond motifs is 1. The number of piperazine rings is 1. The summed E-state index contributed by atoms with van der Waals surface area (Å²) in [5, 5.41) is 34.3. The zero-order valence-corrected chi connectivity index (χ0v) is 23.0. The van der Waals surface area contributed by atoms with Gasteiger partial charge in [-0.3, -0.25) is 19.8 Å². The van der Waals surface area contributed by atoms with E-state index >= 15 is 0 Å². The number of tetrazole rings is 1. The third-order valence-corrected chi connectivity index (χ3v) is 9.54. The van der Waals surface area contributed by atoms with Crippen LogP contribution in [0.3, 0.4) is 0 Å². The molecule has 6 atom stereocenters. The third-order valence-electron chi connectivity index (χ3n) is 8.03. The van der Waals surface area contributed by atoms with E-state index in [1.807, 2.05) is 6.92 Å². The highest BCUT2D eigenvalue weighted by Gasteiger charge is 2.60. The van der Waals surface area contributed by atoms with E-state index in [-0.39, 0.29) is 59.2 Å². The zero-order chi connectivity index (χ0) is 28.7. The first kappa shape index (κ1) is 27.8. The second kappa shape index (κ2) is 11.0. The number of hydrogen-bond acceptors (Lipinski definition) is 10. The summed E-state index contributed by atoms with van der Waals surface area (Å²) in [4.78, 5) is 56.5. The maximum absolute atomic E-state index is 13.2. The normalized spacial score (nSPS) is 28.8. The Balaban J connectivity index is 1.20. The van der Waals surface area contributed by atoms with Crippen LogP contribution in [-0.4, -0.2) is 126 Å². The molecule has 5 heterocycles. The van der Waals surface area contributed by atoms with Gasteiger partial charge in [0.05, 0.1) is 18.0 Å². The molecule has 5 rings (SSSR count). The van der Waals surface area contributed by atoms with Crippen LogP contribution in [0.5, 0.6) is 0 Å². The van der Waals surface area contributed by atoms with Gasteiger partial charge in [0.25, 0.3) is 0 Å². The number of thioether (sulfide) groups is 1. The largest absolute Gasteiger partial charge is 0.477 e. The number of β-lactam (4-membered cyclic amide) rings is 1. The second-order valence-electron chi connectivity index (χ2n) is 10.5. The molecule has 1 aromatic rings. The van der Waals surface area contributed by atoms with Gasteiger partial charge in [-0.1, -0.05) is 6.92 Å². The SMILES string of the molecule is C[C@@H](NC(=O)Cn1cnnn1)[C@H]1C(=O)N2C(C(=O)O)=C(S[C@@H]3CNC(C(=O)N4CCN(C(=N)N)CC4)C3)[C@H](C)[C@H]12. The number of aliphatic carboxylic acids is 1. The zero-order valence-electron chi connectivity index (χ0n) is 22.2. The van der Waals surface area contributed by atoms with E-state index < -0.39 is 17.9 Å². The predicted molar refractivity (Wildman–Crippen MR) is 141 cm³/mol. The van der Waals surface area contributed by atoms with Gasteiger partial charge in [-0.25, -0.2) is 9.48 Å². The average molecular weight is 576 g/mol. The number of rotatable bonds is 8. The Morgan fingerprint density at radius 2 is 1.98 bits per heavy atom. The first-order valence-electron chi connectivity index (χ1n) is 13.1. The van der Waals surface area contributed by atoms with Crippen LogP contribution in [0.15, 0.2) is 16.9 Å². The van der Waals surface area contributed by atoms with Gasteiger partial charge in [-0.05, 0) is 23.8 Å². The number of amides is 3. The lowest BCUT2D eigenvalue weighted by atomic mass is 9.78. The maximum Gasteiger partial charge on any atom is 0.353 e. The van der Waals surface area contributed by atoms with Gasteiger partial charge in [0.15, 0.2) is 5.96 Å². The van der Waals surface area contributed by atoms with Crippen molar-refractivity contribution in [1.29, 1.82) is 5.41 Å². The molecule has 0 saturated carbocycles. The molecule has 17 heteroatoms. The van der Waals surface area contributed by atoms with E-state index in [2.05, 4.69) is 26.2 Å². The summed E-state index contributed by atoms with van der Waals surface area (Å²) in [6.07, 6.45) is 1.85. The summed E-state index contributed by atoms with van der Waals surface area (Å²) in [5.74, 6) is -2.67. The molecule has 4 aliphatic heterocycles. The van der Waals surface area contributed by atoms with Crippen LogP contribution in [0.2, 0.25) is 0 Å². The summed E-state index contributed by atoms with van der Waals surface area (Å²) in [6, 6.07) is -1.28. The fourth-order valence-electron chi connectivity index (χ4n) is 6.03. The first-order valence-corrected chi connectivity index (χ1v) is 14.0. The quantitative estimate of drug-likeness (QED) is 0.123. The number of carboxylic acid groups (broad SMARTS) is 1. The molecule has 0 aliphatic carbocycles. The lowest BCUT2D eigenvalue weighted by molar-refractivity contribution is -0.158. The van der Waals surface area contributed by atoms with E-state index in [1.54, 1.807) is 16.7 Å². The molecule has 3 fully saturated rings. The lowest BCUT2D eigenvalue weighted by Crippen LogP contribution is -2.66. The van der Waals surface area contributed by atoms with Crippen molar-refractivity contribution in [2.75, 3.05) is 32.7 Å². The molecule has 0 spiro atoms. The van der Waals surface area contributed by atoms with Crippen molar-refractivity contribution in [1.82, 2.24) is 45.5 Å². The van der Waals surface area contributed by atoms with E-state index in [1.165, 1.54) is 27.7 Å². The maximum atomic E-state index is 13.2. The smallest absolute Gasteiger partial charge is 0.353 e. The summed E-state index contributed by atoms with van der Waals surface area (Å²) >= 11 is 1.42. The second-order valence-corrected chi connectivity index (χ2v) is 11.9. The van der Waals surface area contributed by atoms with Gasteiger partial charge in [0, 0.05) is 54.8 Å². The summed E-state index contributed by atoms with van der Waals surface area (Å²) in [7, 11) is 0. The van der Waals surface area contributed by atoms with Gasteiger partial charge in [0.2, 0.25) is 17.7 Å². The van der Waals surface area contributed by atoms with Crippen LogP contribution < -0.4 is 16.4 Å². The molecule has 0 aromatic carbocycles. The number of nitrogens with one attached hydrogen (secondary N) is 3. The fraction of sp³-hybridized carbons (Fsp3) is 0.652. The van der Waals surface area contributed by atoms with Crippen molar-refractivity contribution in [3.05, 3.63) is 16.9 Å². The van der Waals surface area contributed by atoms with Crippen molar-refractivity contribution in [2.45, 2.75) is 50.2 Å². The Bertz CT molecular complexity index is 1230. The van der Waals surface area contributed by atoms with E-state index in [0.717, 1.165) is 0 Å². The monoisotopic (exact) mass is 575 g/mol. The number of guanidine groups is 1. The Kier molecular flexibility index (Phi) is 7.67. The van der Waals surface area contributed by atoms with Crippen molar-refractivity contribution in [3.63, 3.8) is 0 Å². The summed E-state index contributed by atoms with van der Waals surface area (Å²) in [5.41, 5.74) is 5.54. The molecule has 6 N–H and O–H groups in total. The molecule has 3 saturated heterocycles. The number of carbonyl (C=O) groups excluding carboxylic acids is 3. The third kappa shape index (κ3) is 5.10. The first-order chi connectivity index (χ1) is 19.1. The number of hydrogen-bond donors (Lipinski definition) is 5. The minimum atomic E-state index is -1.17. The van der Waals surface area contributed by atoms with Crippen LogP contribution in [0.25, 0.3) is 0 Å². The van der Waals surface area contributed by atoms with Gasteiger partial charge in [-0.2, -0.15) is 0 Å². The molecule has 0 bridgehead atoms. The van der Waals surface area contributed by atoms with E-state index in [4.69, 9.17) is 11.1 Å². The minimum Gasteiger partial charge on any atom is -0.477 e. The average Bonchev–Trinajstić information content (AvgIpc) is 3.64. The Hall–Kier alpha value is -3.73.